The van der Waals surface area contributed by atoms with E-state index in [1.54, 1.807) is 0 Å². The van der Waals surface area contributed by atoms with Gasteiger partial charge in [0.2, 0.25) is 0 Å². The number of primary amides is 2. The zero-order valence-electron chi connectivity index (χ0n) is 10.8. The quantitative estimate of drug-likeness (QED) is 0.356. The van der Waals surface area contributed by atoms with Gasteiger partial charge in [-0.15, -0.1) is 0 Å². The van der Waals surface area contributed by atoms with Gasteiger partial charge in [0.05, 0.1) is 12.1 Å². The zero-order valence-corrected chi connectivity index (χ0v) is 10.8. The summed E-state index contributed by atoms with van der Waals surface area (Å²) in [4.78, 5) is 44.8. The van der Waals surface area contributed by atoms with Crippen LogP contribution in [0.5, 0.6) is 0 Å². The summed E-state index contributed by atoms with van der Waals surface area (Å²) in [5, 5.41) is 22.9. The number of nitrogens with one attached hydrogen (secondary N) is 2. The van der Waals surface area contributed by atoms with Crippen LogP contribution in [0.25, 0.3) is 0 Å². The van der Waals surface area contributed by atoms with Gasteiger partial charge in [0, 0.05) is 0 Å². The number of rotatable bonds is 4. The second-order valence-electron chi connectivity index (χ2n) is 4.99. The van der Waals surface area contributed by atoms with Crippen LogP contribution >= 0.6 is 0 Å². The average molecular weight is 288 g/mol. The minimum absolute atomic E-state index is 1.04. The predicted molar refractivity (Wildman–Crippen MR) is 64.5 cm³/mol. The molecular formula is C10H16N4O6. The van der Waals surface area contributed by atoms with Gasteiger partial charge in [-0.1, -0.05) is 0 Å². The van der Waals surface area contributed by atoms with E-state index in [9.17, 15) is 29.4 Å². The zero-order chi connectivity index (χ0) is 15.9. The normalized spacial score (nSPS) is 35.5. The van der Waals surface area contributed by atoms with Gasteiger partial charge in [-0.05, 0) is 13.8 Å². The van der Waals surface area contributed by atoms with Crippen LogP contribution in [0.3, 0.4) is 0 Å². The Kier molecular flexibility index (Phi) is 3.53. The molecule has 1 fully saturated rings. The summed E-state index contributed by atoms with van der Waals surface area (Å²) in [6.45, 7) is 2.31. The third kappa shape index (κ3) is 1.80. The number of carboxylic acids is 2. The Morgan fingerprint density at radius 2 is 1.10 bits per heavy atom. The van der Waals surface area contributed by atoms with Crippen LogP contribution < -0.4 is 22.1 Å². The van der Waals surface area contributed by atoms with Gasteiger partial charge in [0.1, 0.15) is 10.8 Å². The largest absolute Gasteiger partial charge is 0.481 e. The molecule has 0 bridgehead atoms. The number of aliphatic carboxylic acids is 2. The van der Waals surface area contributed by atoms with Crippen molar-refractivity contribution < 1.29 is 29.4 Å². The Morgan fingerprint density at radius 1 is 0.850 bits per heavy atom. The number of carbonyl (C=O) groups excluding carboxylic acids is 2. The summed E-state index contributed by atoms with van der Waals surface area (Å²) in [5.74, 6) is -2.88. The van der Waals surface area contributed by atoms with Gasteiger partial charge in [-0.25, -0.2) is 9.59 Å². The lowest BCUT2D eigenvalue weighted by atomic mass is 9.44. The van der Waals surface area contributed by atoms with Gasteiger partial charge in [-0.3, -0.25) is 9.59 Å². The van der Waals surface area contributed by atoms with Crippen molar-refractivity contribution in [3.05, 3.63) is 0 Å². The highest BCUT2D eigenvalue weighted by atomic mass is 16.4. The highest BCUT2D eigenvalue weighted by Gasteiger charge is 2.76. The summed E-state index contributed by atoms with van der Waals surface area (Å²) in [7, 11) is 0. The third-order valence-corrected chi connectivity index (χ3v) is 4.14. The second kappa shape index (κ2) is 4.54. The first-order chi connectivity index (χ1) is 8.99. The monoisotopic (exact) mass is 288 g/mol. The predicted octanol–water partition coefficient (Wildman–Crippen LogP) is -1.74. The van der Waals surface area contributed by atoms with E-state index >= 15 is 0 Å². The van der Waals surface area contributed by atoms with Crippen LogP contribution in [-0.2, 0) is 9.59 Å². The van der Waals surface area contributed by atoms with Crippen LogP contribution in [0.2, 0.25) is 0 Å². The average Bonchev–Trinajstić information content (AvgIpc) is 2.30. The maximum Gasteiger partial charge on any atom is 0.312 e. The molecule has 0 aliphatic heterocycles. The highest BCUT2D eigenvalue weighted by Crippen LogP contribution is 2.57. The maximum atomic E-state index is 11.4. The first-order valence-corrected chi connectivity index (χ1v) is 5.58. The second-order valence-corrected chi connectivity index (χ2v) is 4.99. The van der Waals surface area contributed by atoms with E-state index in [1.165, 1.54) is 0 Å². The first-order valence-electron chi connectivity index (χ1n) is 5.58. The minimum atomic E-state index is -1.86. The Bertz CT molecular complexity index is 450. The van der Waals surface area contributed by atoms with Gasteiger partial charge in [0.25, 0.3) is 0 Å². The fourth-order valence-electron chi connectivity index (χ4n) is 2.69. The smallest absolute Gasteiger partial charge is 0.312 e. The van der Waals surface area contributed by atoms with Crippen molar-refractivity contribution in [2.45, 2.75) is 25.9 Å². The fourth-order valence-corrected chi connectivity index (χ4v) is 2.69. The summed E-state index contributed by atoms with van der Waals surface area (Å²) in [5.41, 5.74) is 6.17. The summed E-state index contributed by atoms with van der Waals surface area (Å²) < 4.78 is 0. The Balaban J connectivity index is 3.31. The number of carbonyl (C=O) groups is 4. The van der Waals surface area contributed by atoms with Gasteiger partial charge in [-0.2, -0.15) is 0 Å². The lowest BCUT2D eigenvalue weighted by Gasteiger charge is -2.61. The maximum absolute atomic E-state index is 11.4. The molecule has 10 nitrogen and oxygen atoms in total. The van der Waals surface area contributed by atoms with Crippen molar-refractivity contribution in [3.8, 4) is 0 Å². The Hall–Kier alpha value is -2.52. The Morgan fingerprint density at radius 3 is 1.25 bits per heavy atom. The van der Waals surface area contributed by atoms with Gasteiger partial charge < -0.3 is 32.3 Å². The molecule has 4 atom stereocenters. The van der Waals surface area contributed by atoms with Crippen molar-refractivity contribution >= 4 is 24.0 Å². The molecule has 0 saturated heterocycles. The van der Waals surface area contributed by atoms with Gasteiger partial charge in [0.15, 0.2) is 0 Å². The minimum Gasteiger partial charge on any atom is -0.481 e. The molecule has 0 spiro atoms. The topological polar surface area (TPSA) is 185 Å². The molecule has 4 amide bonds. The Labute approximate surface area is 113 Å². The van der Waals surface area contributed by atoms with Crippen LogP contribution in [-0.4, -0.2) is 46.3 Å². The molecule has 0 aromatic carbocycles. The molecule has 1 aliphatic carbocycles. The molecule has 1 aliphatic rings. The molecular weight excluding hydrogens is 272 g/mol. The van der Waals surface area contributed by atoms with Gasteiger partial charge >= 0.3 is 24.0 Å². The number of carboxylic acid groups (broad SMARTS) is 2. The van der Waals surface area contributed by atoms with Crippen LogP contribution in [0.4, 0.5) is 9.59 Å². The molecule has 0 aromatic heterocycles. The number of amides is 4. The number of urea groups is 2. The fraction of sp³-hybridized carbons (Fsp3) is 0.600. The van der Waals surface area contributed by atoms with E-state index in [4.69, 9.17) is 11.5 Å². The summed E-state index contributed by atoms with van der Waals surface area (Å²) in [6, 6.07) is -4.48. The van der Waals surface area contributed by atoms with Crippen molar-refractivity contribution in [2.75, 3.05) is 0 Å². The molecule has 1 rings (SSSR count). The molecule has 0 unspecified atom stereocenters. The number of nitrogens with two attached hydrogens (primary N) is 2. The third-order valence-electron chi connectivity index (χ3n) is 4.14. The van der Waals surface area contributed by atoms with Crippen LogP contribution in [0.15, 0.2) is 0 Å². The highest BCUT2D eigenvalue weighted by molar-refractivity contribution is 5.93. The van der Waals surface area contributed by atoms with Crippen LogP contribution in [0, 0.1) is 10.8 Å². The summed E-state index contributed by atoms with van der Waals surface area (Å²) >= 11 is 0. The lowest BCUT2D eigenvalue weighted by molar-refractivity contribution is -0.200. The van der Waals surface area contributed by atoms with Crippen molar-refractivity contribution in [3.63, 3.8) is 0 Å². The van der Waals surface area contributed by atoms with E-state index in [1.807, 2.05) is 0 Å². The number of hydrogen-bond donors (Lipinski definition) is 6. The van der Waals surface area contributed by atoms with E-state index in [2.05, 4.69) is 10.6 Å². The van der Waals surface area contributed by atoms with E-state index in [-0.39, 0.29) is 0 Å². The molecule has 10 heteroatoms. The standard InChI is InChI=1S/C10H16N4O6/c1-9(5(15)16)3(13-7(11)19)4(14-8(12)20)10(9,2)6(17)18/h3-4H,1-2H3,(H,15,16)(H,17,18)(H3,11,13,19)(H3,12,14,20)/t3-,4+,9+,10-. The molecule has 20 heavy (non-hydrogen) atoms. The molecule has 8 N–H and O–H groups in total. The van der Waals surface area contributed by atoms with E-state index in [0.29, 0.717) is 0 Å². The lowest BCUT2D eigenvalue weighted by Crippen LogP contribution is -2.84. The molecule has 1 saturated carbocycles. The first kappa shape index (κ1) is 15.5. The van der Waals surface area contributed by atoms with E-state index < -0.39 is 46.9 Å². The van der Waals surface area contributed by atoms with Crippen molar-refractivity contribution in [1.29, 1.82) is 0 Å². The SMILES string of the molecule is C[C@]1(C(=O)O)[C@@H](NC(N)=O)[C@@H](NC(N)=O)[C@@]1(C)C(=O)O. The number of hydrogen-bond acceptors (Lipinski definition) is 4. The molecule has 0 heterocycles. The van der Waals surface area contributed by atoms with Crippen molar-refractivity contribution in [2.24, 2.45) is 22.3 Å². The van der Waals surface area contributed by atoms with Crippen LogP contribution in [0.1, 0.15) is 13.8 Å². The summed E-state index contributed by atoms with van der Waals surface area (Å²) in [6.07, 6.45) is 0. The molecule has 0 radical (unpaired) electrons. The molecule has 0 aromatic rings. The van der Waals surface area contributed by atoms with Crippen molar-refractivity contribution in [1.82, 2.24) is 10.6 Å². The van der Waals surface area contributed by atoms with E-state index in [0.717, 1.165) is 13.8 Å². The molecule has 112 valence electrons.